The number of likely N-dealkylation sites (N-methyl/N-ethyl adjacent to an activating group) is 1. The number of hydrogen-bond acceptors (Lipinski definition) is 3. The topological polar surface area (TPSA) is 32.7 Å². The van der Waals surface area contributed by atoms with E-state index in [2.05, 4.69) is 25.7 Å². The van der Waals surface area contributed by atoms with Crippen LogP contribution in [-0.4, -0.2) is 49.0 Å². The third kappa shape index (κ3) is 3.44. The van der Waals surface area contributed by atoms with E-state index in [1.807, 2.05) is 0 Å². The quantitative estimate of drug-likeness (QED) is 0.781. The van der Waals surface area contributed by atoms with Crippen molar-refractivity contribution in [3.05, 3.63) is 0 Å². The fraction of sp³-hybridized carbons (Fsp3) is 1.00. The predicted molar refractivity (Wildman–Crippen MR) is 66.5 cm³/mol. The maximum Gasteiger partial charge on any atom is 0.0589 e. The second-order valence-corrected chi connectivity index (χ2v) is 5.55. The van der Waals surface area contributed by atoms with Crippen molar-refractivity contribution in [1.82, 2.24) is 4.90 Å². The summed E-state index contributed by atoms with van der Waals surface area (Å²) in [6.07, 6.45) is 2.85. The lowest BCUT2D eigenvalue weighted by Crippen LogP contribution is -2.51. The summed E-state index contributed by atoms with van der Waals surface area (Å²) in [5, 5.41) is 9.82. The van der Waals surface area contributed by atoms with Crippen molar-refractivity contribution < 1.29 is 9.84 Å². The van der Waals surface area contributed by atoms with Gasteiger partial charge < -0.3 is 9.84 Å². The lowest BCUT2D eigenvalue weighted by Gasteiger charge is -2.46. The van der Waals surface area contributed by atoms with Crippen molar-refractivity contribution in [2.24, 2.45) is 5.41 Å². The molecule has 1 aliphatic carbocycles. The molecule has 3 nitrogen and oxygen atoms in total. The van der Waals surface area contributed by atoms with Gasteiger partial charge in [-0.05, 0) is 31.2 Å². The number of methoxy groups -OCH3 is 1. The highest BCUT2D eigenvalue weighted by atomic mass is 16.5. The Morgan fingerprint density at radius 3 is 2.69 bits per heavy atom. The van der Waals surface area contributed by atoms with E-state index in [0.717, 1.165) is 39.0 Å². The molecule has 2 atom stereocenters. The van der Waals surface area contributed by atoms with Crippen molar-refractivity contribution >= 4 is 0 Å². The summed E-state index contributed by atoms with van der Waals surface area (Å²) in [7, 11) is 1.74. The van der Waals surface area contributed by atoms with Crippen LogP contribution in [0, 0.1) is 5.41 Å². The fourth-order valence-electron chi connectivity index (χ4n) is 2.79. The van der Waals surface area contributed by atoms with Crippen molar-refractivity contribution in [2.45, 2.75) is 52.2 Å². The highest BCUT2D eigenvalue weighted by Gasteiger charge is 2.38. The van der Waals surface area contributed by atoms with Gasteiger partial charge in [0.05, 0.1) is 12.7 Å². The molecule has 0 bridgehead atoms. The Morgan fingerprint density at radius 1 is 1.44 bits per heavy atom. The van der Waals surface area contributed by atoms with Crippen LogP contribution < -0.4 is 0 Å². The van der Waals surface area contributed by atoms with Gasteiger partial charge in [-0.3, -0.25) is 4.90 Å². The summed E-state index contributed by atoms with van der Waals surface area (Å²) >= 11 is 0. The van der Waals surface area contributed by atoms with E-state index in [9.17, 15) is 5.11 Å². The Labute approximate surface area is 99.8 Å². The molecule has 0 spiro atoms. The molecule has 1 N–H and O–H groups in total. The van der Waals surface area contributed by atoms with E-state index in [-0.39, 0.29) is 6.10 Å². The highest BCUT2D eigenvalue weighted by molar-refractivity contribution is 4.92. The Balaban J connectivity index is 2.64. The first kappa shape index (κ1) is 13.9. The van der Waals surface area contributed by atoms with E-state index < -0.39 is 0 Å². The summed E-state index contributed by atoms with van der Waals surface area (Å²) in [6.45, 7) is 9.60. The van der Waals surface area contributed by atoms with Gasteiger partial charge in [-0.25, -0.2) is 0 Å². The van der Waals surface area contributed by atoms with Crippen molar-refractivity contribution in [2.75, 3.05) is 26.8 Å². The molecule has 0 aliphatic heterocycles. The molecule has 0 aromatic heterocycles. The fourth-order valence-corrected chi connectivity index (χ4v) is 2.79. The van der Waals surface area contributed by atoms with Crippen LogP contribution in [0.5, 0.6) is 0 Å². The van der Waals surface area contributed by atoms with Gasteiger partial charge in [-0.1, -0.05) is 20.8 Å². The second-order valence-electron chi connectivity index (χ2n) is 5.55. The molecule has 1 saturated carbocycles. The molecule has 1 rings (SSSR count). The number of rotatable bonds is 5. The van der Waals surface area contributed by atoms with Crippen molar-refractivity contribution in [3.8, 4) is 0 Å². The Kier molecular flexibility index (Phi) is 5.22. The van der Waals surface area contributed by atoms with Gasteiger partial charge in [-0.15, -0.1) is 0 Å². The normalized spacial score (nSPS) is 29.6. The van der Waals surface area contributed by atoms with Gasteiger partial charge in [0.2, 0.25) is 0 Å². The van der Waals surface area contributed by atoms with E-state index in [1.54, 1.807) is 7.11 Å². The molecule has 0 saturated heterocycles. The van der Waals surface area contributed by atoms with Crippen LogP contribution in [0.3, 0.4) is 0 Å². The Morgan fingerprint density at radius 2 is 2.12 bits per heavy atom. The first-order valence-corrected chi connectivity index (χ1v) is 6.42. The summed E-state index contributed by atoms with van der Waals surface area (Å²) in [4.78, 5) is 2.45. The minimum absolute atomic E-state index is 0.116. The van der Waals surface area contributed by atoms with Gasteiger partial charge in [-0.2, -0.15) is 0 Å². The van der Waals surface area contributed by atoms with Crippen LogP contribution in [0.2, 0.25) is 0 Å². The molecule has 0 radical (unpaired) electrons. The van der Waals surface area contributed by atoms with Gasteiger partial charge >= 0.3 is 0 Å². The molecular formula is C13H27NO2. The largest absolute Gasteiger partial charge is 0.393 e. The number of ether oxygens (including phenoxy) is 1. The maximum absolute atomic E-state index is 9.82. The van der Waals surface area contributed by atoms with Gasteiger partial charge in [0, 0.05) is 19.7 Å². The lowest BCUT2D eigenvalue weighted by atomic mass is 9.71. The van der Waals surface area contributed by atoms with Crippen LogP contribution in [0.25, 0.3) is 0 Å². The Hall–Kier alpha value is -0.120. The van der Waals surface area contributed by atoms with Crippen LogP contribution >= 0.6 is 0 Å². The highest BCUT2D eigenvalue weighted by Crippen LogP contribution is 2.38. The number of nitrogens with zero attached hydrogens (tertiary/aromatic N) is 1. The lowest BCUT2D eigenvalue weighted by molar-refractivity contribution is -0.0171. The van der Waals surface area contributed by atoms with Crippen molar-refractivity contribution in [3.63, 3.8) is 0 Å². The van der Waals surface area contributed by atoms with Gasteiger partial charge in [0.25, 0.3) is 0 Å². The zero-order valence-corrected chi connectivity index (χ0v) is 11.2. The molecule has 96 valence electrons. The van der Waals surface area contributed by atoms with Crippen LogP contribution in [0.1, 0.15) is 40.0 Å². The maximum atomic E-state index is 9.82. The van der Waals surface area contributed by atoms with Crippen molar-refractivity contribution in [1.29, 1.82) is 0 Å². The van der Waals surface area contributed by atoms with E-state index in [1.165, 1.54) is 0 Å². The number of hydrogen-bond donors (Lipinski definition) is 1. The molecule has 2 unspecified atom stereocenters. The van der Waals surface area contributed by atoms with Gasteiger partial charge in [0.1, 0.15) is 0 Å². The molecule has 1 fully saturated rings. The predicted octanol–water partition coefficient (Wildman–Crippen LogP) is 1.89. The van der Waals surface area contributed by atoms with E-state index >= 15 is 0 Å². The monoisotopic (exact) mass is 229 g/mol. The minimum Gasteiger partial charge on any atom is -0.393 e. The summed E-state index contributed by atoms with van der Waals surface area (Å²) < 4.78 is 5.16. The number of aliphatic hydroxyl groups excluding tert-OH is 1. The second kappa shape index (κ2) is 5.99. The molecule has 0 aromatic rings. The average Bonchev–Trinajstić information content (AvgIpc) is 2.24. The van der Waals surface area contributed by atoms with E-state index in [0.29, 0.717) is 11.5 Å². The zero-order chi connectivity index (χ0) is 12.2. The third-order valence-electron chi connectivity index (χ3n) is 3.95. The smallest absolute Gasteiger partial charge is 0.0589 e. The molecular weight excluding hydrogens is 202 g/mol. The summed E-state index contributed by atoms with van der Waals surface area (Å²) in [6, 6.07) is 0.483. The van der Waals surface area contributed by atoms with E-state index in [4.69, 9.17) is 4.74 Å². The first-order chi connectivity index (χ1) is 7.51. The molecule has 3 heteroatoms. The SMILES string of the molecule is CCN(CCOC)C1CC(O)CCC1(C)C. The molecule has 0 aromatic carbocycles. The van der Waals surface area contributed by atoms with Crippen LogP contribution in [0.4, 0.5) is 0 Å². The Bertz CT molecular complexity index is 206. The summed E-state index contributed by atoms with van der Waals surface area (Å²) in [5.74, 6) is 0. The third-order valence-corrected chi connectivity index (χ3v) is 3.95. The van der Waals surface area contributed by atoms with Crippen LogP contribution in [-0.2, 0) is 4.74 Å². The van der Waals surface area contributed by atoms with Crippen LogP contribution in [0.15, 0.2) is 0 Å². The van der Waals surface area contributed by atoms with Gasteiger partial charge in [0.15, 0.2) is 0 Å². The average molecular weight is 229 g/mol. The minimum atomic E-state index is -0.116. The summed E-state index contributed by atoms with van der Waals surface area (Å²) in [5.41, 5.74) is 0.309. The standard InChI is InChI=1S/C13H27NO2/c1-5-14(8-9-16-4)12-10-11(15)6-7-13(12,2)3/h11-12,15H,5-10H2,1-4H3. The molecule has 0 heterocycles. The number of aliphatic hydroxyl groups is 1. The molecule has 1 aliphatic rings. The molecule has 0 amide bonds. The first-order valence-electron chi connectivity index (χ1n) is 6.42. The zero-order valence-electron chi connectivity index (χ0n) is 11.2. The molecule has 16 heavy (non-hydrogen) atoms.